The maximum atomic E-state index is 12.5. The highest BCUT2D eigenvalue weighted by atomic mass is 16.1. The lowest BCUT2D eigenvalue weighted by atomic mass is 10.1. The first-order chi connectivity index (χ1) is 12.7. The molecule has 0 aliphatic carbocycles. The smallest absolute Gasteiger partial charge is 0.255 e. The van der Waals surface area contributed by atoms with Crippen LogP contribution in [0.1, 0.15) is 36.5 Å². The first-order valence-electron chi connectivity index (χ1n) is 9.24. The van der Waals surface area contributed by atoms with Crippen LogP contribution in [0.4, 0.5) is 11.4 Å². The molecule has 6 nitrogen and oxygen atoms in total. The summed E-state index contributed by atoms with van der Waals surface area (Å²) in [6.45, 7) is 5.00. The highest BCUT2D eigenvalue weighted by Crippen LogP contribution is 2.22. The van der Waals surface area contributed by atoms with Gasteiger partial charge in [0.1, 0.15) is 5.52 Å². The number of benzene rings is 2. The summed E-state index contributed by atoms with van der Waals surface area (Å²) in [5.74, 6) is -0.135. The number of hydrogen-bond donors (Lipinski definition) is 1. The molecule has 1 saturated heterocycles. The minimum absolute atomic E-state index is 0.135. The maximum absolute atomic E-state index is 12.5. The van der Waals surface area contributed by atoms with E-state index in [1.54, 1.807) is 6.07 Å². The van der Waals surface area contributed by atoms with Gasteiger partial charge < -0.3 is 10.2 Å². The van der Waals surface area contributed by atoms with E-state index in [1.165, 1.54) is 24.9 Å². The number of hydrogen-bond acceptors (Lipinski definition) is 4. The van der Waals surface area contributed by atoms with Crippen LogP contribution in [-0.4, -0.2) is 34.0 Å². The van der Waals surface area contributed by atoms with Gasteiger partial charge in [-0.2, -0.15) is 0 Å². The topological polar surface area (TPSA) is 63.1 Å². The van der Waals surface area contributed by atoms with Gasteiger partial charge in [0.2, 0.25) is 0 Å². The minimum atomic E-state index is -0.135. The van der Waals surface area contributed by atoms with Crippen molar-refractivity contribution in [3.8, 4) is 0 Å². The van der Waals surface area contributed by atoms with Crippen molar-refractivity contribution in [2.45, 2.75) is 32.7 Å². The number of carbonyl (C=O) groups is 1. The molecule has 1 aliphatic heterocycles. The van der Waals surface area contributed by atoms with E-state index >= 15 is 0 Å². The van der Waals surface area contributed by atoms with Gasteiger partial charge >= 0.3 is 0 Å². The molecule has 134 valence electrons. The van der Waals surface area contributed by atoms with Gasteiger partial charge in [0.15, 0.2) is 0 Å². The number of aromatic nitrogens is 3. The summed E-state index contributed by atoms with van der Waals surface area (Å²) in [6.07, 6.45) is 3.83. The first kappa shape index (κ1) is 16.6. The monoisotopic (exact) mass is 349 g/mol. The number of nitrogens with one attached hydrogen (secondary N) is 1. The molecule has 1 N–H and O–H groups in total. The van der Waals surface area contributed by atoms with Crippen LogP contribution in [0.3, 0.4) is 0 Å². The Kier molecular flexibility index (Phi) is 4.56. The Balaban J connectivity index is 1.47. The molecular formula is C20H23N5O. The Bertz CT molecular complexity index is 910. The Labute approximate surface area is 152 Å². The summed E-state index contributed by atoms with van der Waals surface area (Å²) in [5.41, 5.74) is 4.28. The van der Waals surface area contributed by atoms with Crippen molar-refractivity contribution in [1.82, 2.24) is 15.0 Å². The highest BCUT2D eigenvalue weighted by molar-refractivity contribution is 6.05. The molecule has 1 aliphatic rings. The molecule has 6 heteroatoms. The van der Waals surface area contributed by atoms with Gasteiger partial charge in [-0.3, -0.25) is 4.79 Å². The second-order valence-corrected chi connectivity index (χ2v) is 6.66. The molecule has 0 atom stereocenters. The molecule has 2 aromatic carbocycles. The molecule has 0 unspecified atom stereocenters. The van der Waals surface area contributed by atoms with E-state index in [0.717, 1.165) is 36.4 Å². The van der Waals surface area contributed by atoms with Crippen molar-refractivity contribution in [3.05, 3.63) is 48.0 Å². The number of aryl methyl sites for hydroxylation is 1. The number of fused-ring (bicyclic) bond motifs is 1. The first-order valence-corrected chi connectivity index (χ1v) is 9.24. The number of rotatable bonds is 4. The Morgan fingerprint density at radius 3 is 2.58 bits per heavy atom. The summed E-state index contributed by atoms with van der Waals surface area (Å²) in [7, 11) is 0. The van der Waals surface area contributed by atoms with E-state index in [0.29, 0.717) is 5.56 Å². The molecule has 1 aromatic heterocycles. The summed E-state index contributed by atoms with van der Waals surface area (Å²) in [5, 5.41) is 11.2. The van der Waals surface area contributed by atoms with E-state index in [1.807, 2.05) is 35.9 Å². The van der Waals surface area contributed by atoms with E-state index in [4.69, 9.17) is 0 Å². The molecule has 26 heavy (non-hydrogen) atoms. The van der Waals surface area contributed by atoms with Crippen molar-refractivity contribution >= 4 is 28.3 Å². The summed E-state index contributed by atoms with van der Waals surface area (Å²) in [4.78, 5) is 14.9. The number of piperidine rings is 1. The SMILES string of the molecule is CCn1nnc2cc(C(=O)Nc3ccc(N4CCCCC4)cc3)ccc21. The van der Waals surface area contributed by atoms with Crippen molar-refractivity contribution in [3.63, 3.8) is 0 Å². The molecule has 3 aromatic rings. The van der Waals surface area contributed by atoms with E-state index in [9.17, 15) is 4.79 Å². The Morgan fingerprint density at radius 2 is 1.85 bits per heavy atom. The van der Waals surface area contributed by atoms with Gasteiger partial charge in [-0.25, -0.2) is 4.68 Å². The van der Waals surface area contributed by atoms with E-state index in [2.05, 4.69) is 32.7 Å². The second-order valence-electron chi connectivity index (χ2n) is 6.66. The predicted octanol–water partition coefficient (Wildman–Crippen LogP) is 3.69. The number of anilines is 2. The third kappa shape index (κ3) is 3.27. The van der Waals surface area contributed by atoms with Gasteiger partial charge in [-0.05, 0) is 68.7 Å². The van der Waals surface area contributed by atoms with Gasteiger partial charge in [0, 0.05) is 36.6 Å². The third-order valence-electron chi connectivity index (χ3n) is 4.92. The minimum Gasteiger partial charge on any atom is -0.372 e. The Hall–Kier alpha value is -2.89. The summed E-state index contributed by atoms with van der Waals surface area (Å²) >= 11 is 0. The predicted molar refractivity (Wildman–Crippen MR) is 104 cm³/mol. The van der Waals surface area contributed by atoms with Crippen LogP contribution >= 0.6 is 0 Å². The Morgan fingerprint density at radius 1 is 1.08 bits per heavy atom. The molecule has 0 saturated carbocycles. The van der Waals surface area contributed by atoms with Crippen LogP contribution in [0.15, 0.2) is 42.5 Å². The van der Waals surface area contributed by atoms with Gasteiger partial charge in [-0.15, -0.1) is 5.10 Å². The molecule has 4 rings (SSSR count). The quantitative estimate of drug-likeness (QED) is 0.780. The molecular weight excluding hydrogens is 326 g/mol. The fraction of sp³-hybridized carbons (Fsp3) is 0.350. The van der Waals surface area contributed by atoms with Crippen molar-refractivity contribution < 1.29 is 4.79 Å². The number of carbonyl (C=O) groups excluding carboxylic acids is 1. The lowest BCUT2D eigenvalue weighted by Crippen LogP contribution is -2.29. The van der Waals surface area contributed by atoms with Gasteiger partial charge in [0.05, 0.1) is 5.52 Å². The van der Waals surface area contributed by atoms with Crippen LogP contribution in [-0.2, 0) is 6.54 Å². The molecule has 2 heterocycles. The van der Waals surface area contributed by atoms with Crippen molar-refractivity contribution in [2.24, 2.45) is 0 Å². The van der Waals surface area contributed by atoms with Crippen LogP contribution in [0, 0.1) is 0 Å². The highest BCUT2D eigenvalue weighted by Gasteiger charge is 2.12. The molecule has 1 fully saturated rings. The van der Waals surface area contributed by atoms with E-state index < -0.39 is 0 Å². The molecule has 1 amide bonds. The number of amides is 1. The van der Waals surface area contributed by atoms with Crippen LogP contribution in [0.2, 0.25) is 0 Å². The van der Waals surface area contributed by atoms with Crippen LogP contribution in [0.25, 0.3) is 11.0 Å². The summed E-state index contributed by atoms with van der Waals surface area (Å²) < 4.78 is 1.82. The molecule has 0 bridgehead atoms. The lowest BCUT2D eigenvalue weighted by Gasteiger charge is -2.28. The standard InChI is InChI=1S/C20H23N5O/c1-2-25-19-11-6-15(14-18(19)22-23-25)20(26)21-16-7-9-17(10-8-16)24-12-4-3-5-13-24/h6-11,14H,2-5,12-13H2,1H3,(H,21,26). The zero-order valence-electron chi connectivity index (χ0n) is 15.0. The molecule has 0 spiro atoms. The average Bonchev–Trinajstić information content (AvgIpc) is 3.11. The fourth-order valence-corrected chi connectivity index (χ4v) is 3.46. The fourth-order valence-electron chi connectivity index (χ4n) is 3.46. The van der Waals surface area contributed by atoms with Crippen molar-refractivity contribution in [2.75, 3.05) is 23.3 Å². The summed E-state index contributed by atoms with van der Waals surface area (Å²) in [6, 6.07) is 13.6. The zero-order valence-corrected chi connectivity index (χ0v) is 15.0. The van der Waals surface area contributed by atoms with Crippen LogP contribution < -0.4 is 10.2 Å². The van der Waals surface area contributed by atoms with Crippen LogP contribution in [0.5, 0.6) is 0 Å². The second kappa shape index (κ2) is 7.15. The largest absolute Gasteiger partial charge is 0.372 e. The normalized spacial score (nSPS) is 14.6. The third-order valence-corrected chi connectivity index (χ3v) is 4.92. The average molecular weight is 349 g/mol. The van der Waals surface area contributed by atoms with E-state index in [-0.39, 0.29) is 5.91 Å². The zero-order chi connectivity index (χ0) is 17.9. The van der Waals surface area contributed by atoms with Gasteiger partial charge in [0.25, 0.3) is 5.91 Å². The maximum Gasteiger partial charge on any atom is 0.255 e. The van der Waals surface area contributed by atoms with Gasteiger partial charge in [-0.1, -0.05) is 5.21 Å². The molecule has 0 radical (unpaired) electrons. The van der Waals surface area contributed by atoms with Crippen molar-refractivity contribution in [1.29, 1.82) is 0 Å². The number of nitrogens with zero attached hydrogens (tertiary/aromatic N) is 4. The lowest BCUT2D eigenvalue weighted by molar-refractivity contribution is 0.102.